The summed E-state index contributed by atoms with van der Waals surface area (Å²) in [4.78, 5) is 2.35. The molecular weight excluding hydrogens is 574 g/mol. The molecule has 0 spiro atoms. The van der Waals surface area contributed by atoms with Crippen LogP contribution in [-0.4, -0.2) is 0 Å². The molecule has 2 aromatic heterocycles. The highest BCUT2D eigenvalue weighted by Crippen LogP contribution is 2.46. The average Bonchev–Trinajstić information content (AvgIpc) is 3.71. The molecule has 0 aliphatic carbocycles. The lowest BCUT2D eigenvalue weighted by Gasteiger charge is -2.27. The number of rotatable bonds is 4. The minimum atomic E-state index is 0.863. The monoisotopic (exact) mass is 601 g/mol. The lowest BCUT2D eigenvalue weighted by molar-refractivity contribution is 0.669. The fourth-order valence-corrected chi connectivity index (χ4v) is 7.30. The molecule has 10 rings (SSSR count). The third-order valence-electron chi connectivity index (χ3n) is 9.45. The number of nitrogens with zero attached hydrogens (tertiary/aromatic N) is 1. The van der Waals surface area contributed by atoms with E-state index in [1.165, 1.54) is 21.5 Å². The number of anilines is 3. The Morgan fingerprint density at radius 2 is 0.915 bits per heavy atom. The molecule has 0 saturated heterocycles. The molecule has 10 aromatic rings. The molecule has 3 heteroatoms. The van der Waals surface area contributed by atoms with E-state index < -0.39 is 0 Å². The van der Waals surface area contributed by atoms with Gasteiger partial charge in [-0.15, -0.1) is 0 Å². The maximum absolute atomic E-state index is 6.62. The van der Waals surface area contributed by atoms with Crippen molar-refractivity contribution in [2.24, 2.45) is 0 Å². The number of fused-ring (bicyclic) bond motifs is 9. The van der Waals surface area contributed by atoms with Crippen LogP contribution in [0.4, 0.5) is 17.1 Å². The van der Waals surface area contributed by atoms with E-state index >= 15 is 0 Å². The summed E-state index contributed by atoms with van der Waals surface area (Å²) in [7, 11) is 0. The van der Waals surface area contributed by atoms with Crippen molar-refractivity contribution in [3.8, 4) is 11.1 Å². The summed E-state index contributed by atoms with van der Waals surface area (Å²) in [6.45, 7) is 0. The van der Waals surface area contributed by atoms with Crippen LogP contribution >= 0.6 is 0 Å². The first kappa shape index (κ1) is 26.0. The van der Waals surface area contributed by atoms with E-state index in [1.807, 2.05) is 24.3 Å². The van der Waals surface area contributed by atoms with Crippen molar-refractivity contribution in [3.05, 3.63) is 164 Å². The van der Waals surface area contributed by atoms with Crippen LogP contribution in [0.5, 0.6) is 0 Å². The quantitative estimate of drug-likeness (QED) is 0.188. The van der Waals surface area contributed by atoms with Crippen molar-refractivity contribution in [1.82, 2.24) is 0 Å². The predicted octanol–water partition coefficient (Wildman–Crippen LogP) is 12.9. The molecule has 0 N–H and O–H groups in total. The van der Waals surface area contributed by atoms with Gasteiger partial charge < -0.3 is 13.7 Å². The van der Waals surface area contributed by atoms with E-state index in [0.29, 0.717) is 0 Å². The Morgan fingerprint density at radius 3 is 1.66 bits per heavy atom. The van der Waals surface area contributed by atoms with Gasteiger partial charge in [0.2, 0.25) is 0 Å². The molecule has 0 unspecified atom stereocenters. The topological polar surface area (TPSA) is 29.5 Å². The molecule has 0 bridgehead atoms. The Labute approximate surface area is 270 Å². The van der Waals surface area contributed by atoms with Gasteiger partial charge in [0.05, 0.1) is 11.4 Å². The van der Waals surface area contributed by atoms with Crippen LogP contribution < -0.4 is 4.90 Å². The zero-order valence-electron chi connectivity index (χ0n) is 25.4. The second kappa shape index (κ2) is 10.1. The van der Waals surface area contributed by atoms with Gasteiger partial charge in [-0.05, 0) is 58.1 Å². The molecule has 0 atom stereocenters. The highest BCUT2D eigenvalue weighted by molar-refractivity contribution is 6.17. The lowest BCUT2D eigenvalue weighted by atomic mass is 9.98. The maximum atomic E-state index is 6.62. The number of benzene rings is 8. The van der Waals surface area contributed by atoms with Crippen LogP contribution in [0, 0.1) is 0 Å². The zero-order valence-corrected chi connectivity index (χ0v) is 25.4. The first-order valence-electron chi connectivity index (χ1n) is 15.9. The first-order chi connectivity index (χ1) is 23.3. The number of para-hydroxylation sites is 4. The molecule has 8 aromatic carbocycles. The fourth-order valence-electron chi connectivity index (χ4n) is 7.30. The van der Waals surface area contributed by atoms with Gasteiger partial charge in [-0.1, -0.05) is 127 Å². The number of furan rings is 2. The summed E-state index contributed by atoms with van der Waals surface area (Å²) in [5, 5.41) is 9.30. The van der Waals surface area contributed by atoms with E-state index in [9.17, 15) is 0 Å². The van der Waals surface area contributed by atoms with Crippen LogP contribution in [0.15, 0.2) is 173 Å². The Balaban J connectivity index is 1.22. The summed E-state index contributed by atoms with van der Waals surface area (Å²) in [5.74, 6) is 0. The number of hydrogen-bond donors (Lipinski definition) is 0. The average molecular weight is 602 g/mol. The van der Waals surface area contributed by atoms with Crippen molar-refractivity contribution >= 4 is 82.5 Å². The molecule has 0 amide bonds. The minimum Gasteiger partial charge on any atom is -0.455 e. The largest absolute Gasteiger partial charge is 0.455 e. The smallest absolute Gasteiger partial charge is 0.159 e. The molecule has 0 aliphatic heterocycles. The zero-order chi connectivity index (χ0) is 30.9. The fraction of sp³-hybridized carbons (Fsp3) is 0. The molecule has 0 radical (unpaired) electrons. The molecule has 0 saturated carbocycles. The lowest BCUT2D eigenvalue weighted by Crippen LogP contribution is -2.11. The summed E-state index contributed by atoms with van der Waals surface area (Å²) in [6, 6.07) is 57.8. The van der Waals surface area contributed by atoms with E-state index in [0.717, 1.165) is 72.1 Å². The van der Waals surface area contributed by atoms with Crippen LogP contribution in [0.2, 0.25) is 0 Å². The second-order valence-corrected chi connectivity index (χ2v) is 12.1. The van der Waals surface area contributed by atoms with E-state index in [1.54, 1.807) is 0 Å². The van der Waals surface area contributed by atoms with Crippen LogP contribution in [-0.2, 0) is 0 Å². The van der Waals surface area contributed by atoms with Gasteiger partial charge in [-0.2, -0.15) is 0 Å². The van der Waals surface area contributed by atoms with Crippen molar-refractivity contribution in [2.75, 3.05) is 4.90 Å². The van der Waals surface area contributed by atoms with Crippen molar-refractivity contribution < 1.29 is 8.83 Å². The summed E-state index contributed by atoms with van der Waals surface area (Å²) >= 11 is 0. The first-order valence-corrected chi connectivity index (χ1v) is 15.9. The van der Waals surface area contributed by atoms with Crippen LogP contribution in [0.1, 0.15) is 0 Å². The van der Waals surface area contributed by atoms with Gasteiger partial charge >= 0.3 is 0 Å². The van der Waals surface area contributed by atoms with Crippen LogP contribution in [0.25, 0.3) is 76.5 Å². The normalized spacial score (nSPS) is 11.8. The standard InChI is InChI=1S/C44H27NO2/c1-2-12-31-29(11-1)27-40(34-14-4-3-13-33(31)34)45(39-20-10-19-38-36-16-6-8-22-42(36)47-44(38)39)30-25-23-28(24-26-30)32-17-9-18-37-35-15-5-7-21-41(35)46-43(32)37/h1-27H. The summed E-state index contributed by atoms with van der Waals surface area (Å²) < 4.78 is 13.0. The molecule has 0 aliphatic rings. The van der Waals surface area contributed by atoms with Gasteiger partial charge in [-0.3, -0.25) is 0 Å². The molecule has 47 heavy (non-hydrogen) atoms. The van der Waals surface area contributed by atoms with Gasteiger partial charge in [0.15, 0.2) is 5.58 Å². The van der Waals surface area contributed by atoms with Crippen molar-refractivity contribution in [2.45, 2.75) is 0 Å². The second-order valence-electron chi connectivity index (χ2n) is 12.1. The van der Waals surface area contributed by atoms with Crippen LogP contribution in [0.3, 0.4) is 0 Å². The Hall–Kier alpha value is -6.32. The van der Waals surface area contributed by atoms with E-state index in [4.69, 9.17) is 8.83 Å². The maximum Gasteiger partial charge on any atom is 0.159 e. The summed E-state index contributed by atoms with van der Waals surface area (Å²) in [6.07, 6.45) is 0. The Bertz CT molecular complexity index is 2800. The van der Waals surface area contributed by atoms with Gasteiger partial charge in [0.25, 0.3) is 0 Å². The van der Waals surface area contributed by atoms with Gasteiger partial charge in [0, 0.05) is 38.2 Å². The minimum absolute atomic E-state index is 0.863. The Morgan fingerprint density at radius 1 is 0.362 bits per heavy atom. The van der Waals surface area contributed by atoms with Crippen molar-refractivity contribution in [1.29, 1.82) is 0 Å². The highest BCUT2D eigenvalue weighted by Gasteiger charge is 2.22. The predicted molar refractivity (Wildman–Crippen MR) is 196 cm³/mol. The third-order valence-corrected chi connectivity index (χ3v) is 9.45. The van der Waals surface area contributed by atoms with Crippen molar-refractivity contribution in [3.63, 3.8) is 0 Å². The Kier molecular flexibility index (Phi) is 5.57. The number of hydrogen-bond acceptors (Lipinski definition) is 3. The third kappa shape index (κ3) is 3.93. The molecular formula is C44H27NO2. The molecule has 0 fully saturated rings. The summed E-state index contributed by atoms with van der Waals surface area (Å²) in [5.41, 5.74) is 8.86. The van der Waals surface area contributed by atoms with Gasteiger partial charge in [-0.25, -0.2) is 0 Å². The van der Waals surface area contributed by atoms with E-state index in [-0.39, 0.29) is 0 Å². The highest BCUT2D eigenvalue weighted by atomic mass is 16.3. The SMILES string of the molecule is c1ccc2c(c1)cc(N(c1ccc(-c3cccc4c3oc3ccccc34)cc1)c1cccc3c1oc1ccccc13)c1ccccc12. The van der Waals surface area contributed by atoms with Gasteiger partial charge in [0.1, 0.15) is 16.7 Å². The molecule has 220 valence electrons. The molecule has 3 nitrogen and oxygen atoms in total. The molecule has 2 heterocycles. The van der Waals surface area contributed by atoms with E-state index in [2.05, 4.69) is 144 Å².